The van der Waals surface area contributed by atoms with Gasteiger partial charge in [0.25, 0.3) is 0 Å². The summed E-state index contributed by atoms with van der Waals surface area (Å²) in [6, 6.07) is 8.44. The molecule has 0 unspecified atom stereocenters. The molecule has 1 aromatic heterocycles. The number of ether oxygens (including phenoxy) is 1. The molecule has 2 aromatic rings. The zero-order valence-electron chi connectivity index (χ0n) is 10.7. The van der Waals surface area contributed by atoms with Crippen LogP contribution in [0.2, 0.25) is 0 Å². The van der Waals surface area contributed by atoms with E-state index in [9.17, 15) is 0 Å². The van der Waals surface area contributed by atoms with Crippen LogP contribution in [0, 0.1) is 6.92 Å². The Hall–Kier alpha value is -1.32. The molecule has 0 saturated carbocycles. The van der Waals surface area contributed by atoms with Crippen molar-refractivity contribution >= 4 is 11.3 Å². The normalized spacial score (nSPS) is 10.6. The number of rotatable bonds is 6. The molecule has 0 atom stereocenters. The third-order valence-electron chi connectivity index (χ3n) is 2.86. The quantitative estimate of drug-likeness (QED) is 0.867. The minimum absolute atomic E-state index is 0.657. The Bertz CT molecular complexity index is 479. The van der Waals surface area contributed by atoms with Crippen molar-refractivity contribution < 1.29 is 4.74 Å². The molecule has 0 radical (unpaired) electrons. The second-order valence-corrected chi connectivity index (χ2v) is 5.16. The number of nitrogens with two attached hydrogens (primary N) is 1. The summed E-state index contributed by atoms with van der Waals surface area (Å²) >= 11 is 1.73. The van der Waals surface area contributed by atoms with Gasteiger partial charge in [-0.25, -0.2) is 0 Å². The van der Waals surface area contributed by atoms with Crippen LogP contribution >= 0.6 is 11.3 Å². The summed E-state index contributed by atoms with van der Waals surface area (Å²) in [5, 5.41) is 4.26. The van der Waals surface area contributed by atoms with Gasteiger partial charge in [-0.05, 0) is 53.9 Å². The zero-order valence-corrected chi connectivity index (χ0v) is 11.5. The average molecular weight is 261 g/mol. The van der Waals surface area contributed by atoms with Gasteiger partial charge in [0.15, 0.2) is 0 Å². The molecular formula is C15H19NOS. The molecule has 0 aliphatic carbocycles. The fourth-order valence-electron chi connectivity index (χ4n) is 1.91. The minimum atomic E-state index is 0.657. The van der Waals surface area contributed by atoms with Gasteiger partial charge >= 0.3 is 0 Å². The van der Waals surface area contributed by atoms with Crippen molar-refractivity contribution in [1.29, 1.82) is 0 Å². The van der Waals surface area contributed by atoms with Gasteiger partial charge in [0.2, 0.25) is 0 Å². The van der Waals surface area contributed by atoms with Crippen molar-refractivity contribution in [3.8, 4) is 5.75 Å². The van der Waals surface area contributed by atoms with E-state index in [0.29, 0.717) is 6.54 Å². The second-order valence-electron chi connectivity index (χ2n) is 4.38. The highest BCUT2D eigenvalue weighted by Crippen LogP contribution is 2.20. The molecule has 1 aromatic carbocycles. The lowest BCUT2D eigenvalue weighted by Crippen LogP contribution is -2.07. The molecule has 2 nitrogen and oxygen atoms in total. The molecular weight excluding hydrogens is 242 g/mol. The van der Waals surface area contributed by atoms with Crippen molar-refractivity contribution in [2.24, 2.45) is 5.73 Å². The highest BCUT2D eigenvalue weighted by molar-refractivity contribution is 7.07. The van der Waals surface area contributed by atoms with E-state index in [-0.39, 0.29) is 0 Å². The van der Waals surface area contributed by atoms with Gasteiger partial charge < -0.3 is 10.5 Å². The van der Waals surface area contributed by atoms with Gasteiger partial charge in [0.05, 0.1) is 6.61 Å². The molecule has 0 bridgehead atoms. The summed E-state index contributed by atoms with van der Waals surface area (Å²) in [6.45, 7) is 3.47. The Morgan fingerprint density at radius 1 is 1.22 bits per heavy atom. The average Bonchev–Trinajstić information content (AvgIpc) is 2.85. The summed E-state index contributed by atoms with van der Waals surface area (Å²) in [5.41, 5.74) is 9.44. The third kappa shape index (κ3) is 3.59. The molecule has 0 amide bonds. The standard InChI is InChI=1S/C15H19NOS/c1-12-2-3-15(14(10-12)4-7-16)17-8-5-13-6-9-18-11-13/h2-3,6,9-11H,4-5,7-8,16H2,1H3. The smallest absolute Gasteiger partial charge is 0.122 e. The molecule has 96 valence electrons. The van der Waals surface area contributed by atoms with Crippen molar-refractivity contribution in [2.45, 2.75) is 19.8 Å². The Morgan fingerprint density at radius 3 is 2.83 bits per heavy atom. The molecule has 1 heterocycles. The van der Waals surface area contributed by atoms with Gasteiger partial charge in [-0.15, -0.1) is 0 Å². The van der Waals surface area contributed by atoms with E-state index < -0.39 is 0 Å². The summed E-state index contributed by atoms with van der Waals surface area (Å²) < 4.78 is 5.87. The Morgan fingerprint density at radius 2 is 2.11 bits per heavy atom. The maximum absolute atomic E-state index is 5.87. The Kier molecular flexibility index (Phi) is 4.79. The number of hydrogen-bond acceptors (Lipinski definition) is 3. The van der Waals surface area contributed by atoms with E-state index in [4.69, 9.17) is 10.5 Å². The van der Waals surface area contributed by atoms with Crippen molar-refractivity contribution in [3.05, 3.63) is 51.7 Å². The van der Waals surface area contributed by atoms with Crippen molar-refractivity contribution in [2.75, 3.05) is 13.2 Å². The van der Waals surface area contributed by atoms with Gasteiger partial charge in [-0.2, -0.15) is 11.3 Å². The summed E-state index contributed by atoms with van der Waals surface area (Å²) in [6.07, 6.45) is 1.83. The van der Waals surface area contributed by atoms with Gasteiger partial charge in [0, 0.05) is 6.42 Å². The van der Waals surface area contributed by atoms with Crippen LogP contribution in [0.4, 0.5) is 0 Å². The van der Waals surface area contributed by atoms with E-state index in [1.54, 1.807) is 11.3 Å². The lowest BCUT2D eigenvalue weighted by atomic mass is 10.1. The van der Waals surface area contributed by atoms with Gasteiger partial charge in [-0.1, -0.05) is 17.7 Å². The summed E-state index contributed by atoms with van der Waals surface area (Å²) in [4.78, 5) is 0. The fraction of sp³-hybridized carbons (Fsp3) is 0.333. The predicted molar refractivity (Wildman–Crippen MR) is 77.5 cm³/mol. The van der Waals surface area contributed by atoms with Crippen LogP contribution in [0.15, 0.2) is 35.0 Å². The Labute approximate surface area is 112 Å². The fourth-order valence-corrected chi connectivity index (χ4v) is 2.62. The number of hydrogen-bond donors (Lipinski definition) is 1. The lowest BCUT2D eigenvalue weighted by molar-refractivity contribution is 0.318. The first-order valence-corrected chi connectivity index (χ1v) is 7.17. The molecule has 0 spiro atoms. The largest absolute Gasteiger partial charge is 0.493 e. The molecule has 0 aliphatic heterocycles. The third-order valence-corrected chi connectivity index (χ3v) is 3.59. The van der Waals surface area contributed by atoms with E-state index in [1.807, 2.05) is 6.07 Å². The summed E-state index contributed by atoms with van der Waals surface area (Å²) in [7, 11) is 0. The van der Waals surface area contributed by atoms with Crippen LogP contribution < -0.4 is 10.5 Å². The minimum Gasteiger partial charge on any atom is -0.493 e. The molecule has 3 heteroatoms. The topological polar surface area (TPSA) is 35.2 Å². The number of benzene rings is 1. The van der Waals surface area contributed by atoms with E-state index >= 15 is 0 Å². The van der Waals surface area contributed by atoms with E-state index in [1.165, 1.54) is 16.7 Å². The van der Waals surface area contributed by atoms with Crippen LogP contribution in [0.5, 0.6) is 5.75 Å². The molecule has 0 aliphatic rings. The Balaban J connectivity index is 1.95. The van der Waals surface area contributed by atoms with Crippen molar-refractivity contribution in [3.63, 3.8) is 0 Å². The molecule has 2 rings (SSSR count). The predicted octanol–water partition coefficient (Wildman–Crippen LogP) is 3.18. The summed E-state index contributed by atoms with van der Waals surface area (Å²) in [5.74, 6) is 0.973. The maximum Gasteiger partial charge on any atom is 0.122 e. The van der Waals surface area contributed by atoms with Crippen molar-refractivity contribution in [1.82, 2.24) is 0 Å². The highest BCUT2D eigenvalue weighted by atomic mass is 32.1. The monoisotopic (exact) mass is 261 g/mol. The first-order valence-electron chi connectivity index (χ1n) is 6.23. The maximum atomic E-state index is 5.87. The van der Waals surface area contributed by atoms with Crippen LogP contribution in [-0.2, 0) is 12.8 Å². The van der Waals surface area contributed by atoms with Crippen LogP contribution in [0.3, 0.4) is 0 Å². The van der Waals surface area contributed by atoms with Crippen LogP contribution in [0.25, 0.3) is 0 Å². The van der Waals surface area contributed by atoms with Gasteiger partial charge in [0.1, 0.15) is 5.75 Å². The highest BCUT2D eigenvalue weighted by Gasteiger charge is 2.03. The molecule has 0 fully saturated rings. The van der Waals surface area contributed by atoms with E-state index in [0.717, 1.165) is 25.2 Å². The van der Waals surface area contributed by atoms with Gasteiger partial charge in [-0.3, -0.25) is 0 Å². The molecule has 0 saturated heterocycles. The molecule has 18 heavy (non-hydrogen) atoms. The first kappa shape index (κ1) is 13.1. The second kappa shape index (κ2) is 6.57. The SMILES string of the molecule is Cc1ccc(OCCc2ccsc2)c(CCN)c1. The van der Waals surface area contributed by atoms with Crippen LogP contribution in [-0.4, -0.2) is 13.2 Å². The molecule has 2 N–H and O–H groups in total. The van der Waals surface area contributed by atoms with Crippen LogP contribution in [0.1, 0.15) is 16.7 Å². The zero-order chi connectivity index (χ0) is 12.8. The lowest BCUT2D eigenvalue weighted by Gasteiger charge is -2.11. The van der Waals surface area contributed by atoms with E-state index in [2.05, 4.69) is 35.9 Å². The first-order chi connectivity index (χ1) is 8.79. The number of thiophene rings is 1. The number of aryl methyl sites for hydroxylation is 1.